The molecule has 0 aliphatic carbocycles. The van der Waals surface area contributed by atoms with Crippen LogP contribution in [0.3, 0.4) is 0 Å². The number of nitrogens with zero attached hydrogens (tertiary/aromatic N) is 3. The van der Waals surface area contributed by atoms with Gasteiger partial charge in [-0.3, -0.25) is 19.2 Å². The molecule has 7 N–H and O–H groups in total. The number of hydrogen-bond donors (Lipinski definition) is 6. The van der Waals surface area contributed by atoms with E-state index in [1.54, 1.807) is 20.8 Å². The third-order valence-electron chi connectivity index (χ3n) is 10.7. The van der Waals surface area contributed by atoms with Crippen molar-refractivity contribution in [3.63, 3.8) is 0 Å². The number of amides is 2. The van der Waals surface area contributed by atoms with Gasteiger partial charge in [0, 0.05) is 38.4 Å². The first kappa shape index (κ1) is 64.8. The number of carbonyl (C=O) groups is 6. The van der Waals surface area contributed by atoms with E-state index in [0.717, 1.165) is 49.9 Å². The predicted octanol–water partition coefficient (Wildman–Crippen LogP) is 7.88. The predicted molar refractivity (Wildman–Crippen MR) is 317 cm³/mol. The molecule has 430 valence electrons. The number of Topliss-reactive ketones (excluding diaryl/α,β-unsaturated/α-hetero) is 3. The normalized spacial score (nSPS) is 11.0. The zero-order valence-electron chi connectivity index (χ0n) is 45.2. The number of sulfonamides is 2. The van der Waals surface area contributed by atoms with Crippen molar-refractivity contribution in [2.24, 2.45) is 5.73 Å². The van der Waals surface area contributed by atoms with E-state index in [2.05, 4.69) is 35.0 Å². The largest absolute Gasteiger partial charge is 0.478 e. The molecular formula is C57H60N8O12S5. The smallest absolute Gasteiger partial charge is 0.408 e. The fraction of sp³-hybridized carbons (Fsp3) is 0.211. The Hall–Kier alpha value is -8.01. The van der Waals surface area contributed by atoms with Gasteiger partial charge in [-0.1, -0.05) is 103 Å². The van der Waals surface area contributed by atoms with Crippen LogP contribution in [0.25, 0.3) is 33.8 Å². The minimum Gasteiger partial charge on any atom is -0.478 e. The number of aromatic carboxylic acids is 1. The van der Waals surface area contributed by atoms with Crippen molar-refractivity contribution >= 4 is 89.4 Å². The maximum Gasteiger partial charge on any atom is 0.408 e. The molecule has 0 saturated carbocycles. The van der Waals surface area contributed by atoms with Crippen LogP contribution in [-0.2, 0) is 58.4 Å². The van der Waals surface area contributed by atoms with Gasteiger partial charge in [0.15, 0.2) is 17.3 Å². The van der Waals surface area contributed by atoms with Gasteiger partial charge in [-0.05, 0) is 71.3 Å². The molecule has 0 aliphatic rings. The lowest BCUT2D eigenvalue weighted by Gasteiger charge is -2.19. The molecule has 0 atom stereocenters. The molecular weight excluding hydrogens is 1150 g/mol. The Bertz CT molecular complexity index is 3660. The second kappa shape index (κ2) is 31.3. The molecule has 25 heteroatoms. The Morgan fingerprint density at radius 3 is 1.26 bits per heavy atom. The van der Waals surface area contributed by atoms with Crippen molar-refractivity contribution < 1.29 is 55.4 Å². The Morgan fingerprint density at radius 2 is 0.890 bits per heavy atom. The van der Waals surface area contributed by atoms with E-state index < -0.39 is 43.6 Å². The van der Waals surface area contributed by atoms with Crippen LogP contribution in [-0.4, -0.2) is 112 Å². The maximum atomic E-state index is 12.3. The molecule has 0 aliphatic heterocycles. The lowest BCUT2D eigenvalue weighted by molar-refractivity contribution is -0.118. The molecule has 0 spiro atoms. The summed E-state index contributed by atoms with van der Waals surface area (Å²) in [7, 11) is -4.66. The molecule has 0 fully saturated rings. The molecule has 8 aromatic rings. The second-order valence-electron chi connectivity index (χ2n) is 18.1. The number of benzene rings is 5. The summed E-state index contributed by atoms with van der Waals surface area (Å²) in [6.07, 6.45) is 0.0720. The third kappa shape index (κ3) is 21.5. The Labute approximate surface area is 487 Å². The van der Waals surface area contributed by atoms with E-state index in [4.69, 9.17) is 15.6 Å². The number of carboxylic acids is 1. The minimum atomic E-state index is -3.65. The van der Waals surface area contributed by atoms with Crippen molar-refractivity contribution in [1.82, 2.24) is 35.0 Å². The molecule has 0 bridgehead atoms. The number of alkyl carbamates (subject to hydrolysis) is 1. The number of aromatic nitrogens is 3. The standard InChI is InChI=1S/C20H19N3O4S2.C17H20N2O3S.C12H12N2OS.C8H9NO4S/c1-21-29(26,27)17-9-5-8-15(10-17)20(25)22-12-16(24)11-19-23-18(13-28-19)14-6-3-2-4-7-14;1-17(2,3)22-16(21)18-10-13(20)9-15-19-14(11-23-15)12-7-5-4-6-8-12;13-7-10(15)6-12-14-11(8-16-12)9-4-2-1-3-5-9;1-9-14(12,13)7-4-2-3-6(5-7)8(10)11/h2-10,13,21H,11-12H2,1H3,(H,22,25);4-8,11H,9-10H2,1-3H3,(H,18,21);1-5,8H,6-7,13H2;2-5,9H,1H3,(H,10,11). The van der Waals surface area contributed by atoms with Crippen LogP contribution in [0.4, 0.5) is 4.79 Å². The fourth-order valence-electron chi connectivity index (χ4n) is 6.71. The summed E-state index contributed by atoms with van der Waals surface area (Å²) in [6.45, 7) is 5.18. The lowest BCUT2D eigenvalue weighted by atomic mass is 10.2. The van der Waals surface area contributed by atoms with E-state index in [-0.39, 0.29) is 70.7 Å². The van der Waals surface area contributed by atoms with Crippen LogP contribution in [0, 0.1) is 0 Å². The molecule has 20 nitrogen and oxygen atoms in total. The fourth-order valence-corrected chi connectivity index (χ4v) is 10.8. The number of ketones is 3. The second-order valence-corrected chi connectivity index (χ2v) is 24.7. The SMILES string of the molecule is CC(C)(C)OC(=O)NCC(=O)Cc1nc(-c2ccccc2)cs1.CNS(=O)(=O)c1cccc(C(=O)NCC(=O)Cc2nc(-c3ccccc3)cs2)c1.CNS(=O)(=O)c1cccc(C(=O)O)c1.NCC(=O)Cc1nc(-c2ccccc2)cs1. The minimum absolute atomic E-state index is 0.0183. The van der Waals surface area contributed by atoms with Crippen LogP contribution in [0.2, 0.25) is 0 Å². The summed E-state index contributed by atoms with van der Waals surface area (Å²) in [5, 5.41) is 21.6. The van der Waals surface area contributed by atoms with Crippen LogP contribution < -0.4 is 25.8 Å². The van der Waals surface area contributed by atoms with Crippen molar-refractivity contribution in [3.8, 4) is 33.8 Å². The average Bonchev–Trinajstić information content (AvgIpc) is 4.40. The quantitative estimate of drug-likeness (QED) is 0.0423. The number of ether oxygens (including phenoxy) is 1. The Balaban J connectivity index is 0.000000209. The molecule has 2 amide bonds. The summed E-state index contributed by atoms with van der Waals surface area (Å²) in [5.74, 6) is -1.95. The highest BCUT2D eigenvalue weighted by Crippen LogP contribution is 2.24. The third-order valence-corrected chi connectivity index (χ3v) is 16.1. The summed E-state index contributed by atoms with van der Waals surface area (Å²) >= 11 is 4.33. The zero-order chi connectivity index (χ0) is 59.9. The first-order valence-corrected chi connectivity index (χ1v) is 30.4. The molecule has 8 rings (SSSR count). The number of thiazole rings is 3. The van der Waals surface area contributed by atoms with Gasteiger partial charge in [0.1, 0.15) is 20.6 Å². The van der Waals surface area contributed by atoms with E-state index in [1.165, 1.54) is 90.6 Å². The summed E-state index contributed by atoms with van der Waals surface area (Å²) in [6, 6.07) is 40.1. The molecule has 82 heavy (non-hydrogen) atoms. The van der Waals surface area contributed by atoms with Gasteiger partial charge < -0.3 is 26.2 Å². The molecule has 3 aromatic heterocycles. The summed E-state index contributed by atoms with van der Waals surface area (Å²) in [4.78, 5) is 82.9. The van der Waals surface area contributed by atoms with Gasteiger partial charge in [0.25, 0.3) is 5.91 Å². The number of nitrogens with one attached hydrogen (secondary N) is 4. The number of carboxylic acid groups (broad SMARTS) is 1. The van der Waals surface area contributed by atoms with Crippen molar-refractivity contribution in [2.75, 3.05) is 33.7 Å². The summed E-state index contributed by atoms with van der Waals surface area (Å²) < 4.78 is 55.6. The highest BCUT2D eigenvalue weighted by Gasteiger charge is 2.19. The molecule has 5 aromatic carbocycles. The first-order chi connectivity index (χ1) is 39.0. The Morgan fingerprint density at radius 1 is 0.524 bits per heavy atom. The van der Waals surface area contributed by atoms with Gasteiger partial charge >= 0.3 is 12.1 Å². The average molecular weight is 1210 g/mol. The molecule has 0 radical (unpaired) electrons. The van der Waals surface area contributed by atoms with E-state index >= 15 is 0 Å². The van der Waals surface area contributed by atoms with Gasteiger partial charge in [0.2, 0.25) is 20.0 Å². The van der Waals surface area contributed by atoms with Gasteiger partial charge in [-0.15, -0.1) is 34.0 Å². The molecule has 0 saturated heterocycles. The lowest BCUT2D eigenvalue weighted by Crippen LogP contribution is -2.35. The molecule has 0 unspecified atom stereocenters. The molecule has 3 heterocycles. The van der Waals surface area contributed by atoms with Crippen molar-refractivity contribution in [3.05, 3.63) is 182 Å². The number of carbonyl (C=O) groups excluding carboxylic acids is 5. The van der Waals surface area contributed by atoms with Crippen molar-refractivity contribution in [1.29, 1.82) is 0 Å². The monoisotopic (exact) mass is 1210 g/mol. The van der Waals surface area contributed by atoms with E-state index in [0.29, 0.717) is 11.4 Å². The number of nitrogens with two attached hydrogens (primary N) is 1. The van der Waals surface area contributed by atoms with E-state index in [9.17, 15) is 45.6 Å². The number of rotatable bonds is 20. The maximum absolute atomic E-state index is 12.3. The van der Waals surface area contributed by atoms with Gasteiger partial charge in [-0.25, -0.2) is 50.8 Å². The highest BCUT2D eigenvalue weighted by atomic mass is 32.2. The summed E-state index contributed by atoms with van der Waals surface area (Å²) in [5.41, 5.74) is 10.5. The van der Waals surface area contributed by atoms with Gasteiger partial charge in [-0.2, -0.15) is 0 Å². The van der Waals surface area contributed by atoms with E-state index in [1.807, 2.05) is 107 Å². The first-order valence-electron chi connectivity index (χ1n) is 24.8. The van der Waals surface area contributed by atoms with Crippen LogP contribution >= 0.6 is 34.0 Å². The zero-order valence-corrected chi connectivity index (χ0v) is 49.2. The highest BCUT2D eigenvalue weighted by molar-refractivity contribution is 7.89. The Kier molecular flexibility index (Phi) is 24.7. The van der Waals surface area contributed by atoms with Crippen LogP contribution in [0.1, 0.15) is 56.5 Å². The van der Waals surface area contributed by atoms with Crippen LogP contribution in [0.15, 0.2) is 165 Å². The topological polar surface area (TPSA) is 313 Å². The van der Waals surface area contributed by atoms with Crippen molar-refractivity contribution in [2.45, 2.75) is 55.4 Å². The number of hydrogen-bond acceptors (Lipinski definition) is 18. The van der Waals surface area contributed by atoms with Crippen LogP contribution in [0.5, 0.6) is 0 Å². The van der Waals surface area contributed by atoms with Gasteiger partial charge in [0.05, 0.1) is 71.3 Å².